The Bertz CT molecular complexity index is 447. The Morgan fingerprint density at radius 1 is 1.13 bits per heavy atom. The predicted molar refractivity (Wildman–Crippen MR) is 57.5 cm³/mol. The third-order valence-corrected chi connectivity index (χ3v) is 2.42. The van der Waals surface area contributed by atoms with Gasteiger partial charge >= 0.3 is 0 Å². The van der Waals surface area contributed by atoms with Crippen molar-refractivity contribution in [3.63, 3.8) is 0 Å². The zero-order valence-corrected chi connectivity index (χ0v) is 8.59. The maximum absolute atomic E-state index is 9.99. The van der Waals surface area contributed by atoms with Gasteiger partial charge in [-0.05, 0) is 18.2 Å². The maximum atomic E-state index is 9.99. The molecule has 0 aliphatic heterocycles. The number of aliphatic hydroxyl groups excluding tert-OH is 1. The summed E-state index contributed by atoms with van der Waals surface area (Å²) in [5.74, 6) is 0. The highest BCUT2D eigenvalue weighted by molar-refractivity contribution is 6.31. The highest BCUT2D eigenvalue weighted by Gasteiger charge is 2.14. The number of aliphatic hydroxyl groups is 1. The van der Waals surface area contributed by atoms with Crippen molar-refractivity contribution in [2.45, 2.75) is 6.10 Å². The van der Waals surface area contributed by atoms with Crippen LogP contribution in [0.1, 0.15) is 17.4 Å². The Labute approximate surface area is 92.4 Å². The van der Waals surface area contributed by atoms with Crippen molar-refractivity contribution in [3.8, 4) is 0 Å². The van der Waals surface area contributed by atoms with Gasteiger partial charge in [0.25, 0.3) is 0 Å². The number of aromatic nitrogens is 2. The second kappa shape index (κ2) is 4.38. The van der Waals surface area contributed by atoms with Crippen LogP contribution in [0.5, 0.6) is 0 Å². The first kappa shape index (κ1) is 10.1. The van der Waals surface area contributed by atoms with E-state index in [0.717, 1.165) is 0 Å². The third kappa shape index (κ3) is 2.14. The maximum Gasteiger partial charge on any atom is 0.124 e. The summed E-state index contributed by atoms with van der Waals surface area (Å²) in [5.41, 5.74) is 1.13. The number of nitrogens with zero attached hydrogens (tertiary/aromatic N) is 2. The van der Waals surface area contributed by atoms with E-state index in [-0.39, 0.29) is 0 Å². The Balaban J connectivity index is 2.37. The first-order valence-electron chi connectivity index (χ1n) is 4.49. The quantitative estimate of drug-likeness (QED) is 0.844. The zero-order chi connectivity index (χ0) is 10.7. The van der Waals surface area contributed by atoms with Crippen molar-refractivity contribution in [1.29, 1.82) is 0 Å². The molecule has 0 aliphatic rings. The monoisotopic (exact) mass is 220 g/mol. The van der Waals surface area contributed by atoms with E-state index in [4.69, 9.17) is 11.6 Å². The molecule has 0 saturated carbocycles. The largest absolute Gasteiger partial charge is 0.382 e. The van der Waals surface area contributed by atoms with Crippen molar-refractivity contribution in [2.75, 3.05) is 0 Å². The van der Waals surface area contributed by atoms with Crippen molar-refractivity contribution in [2.24, 2.45) is 0 Å². The van der Waals surface area contributed by atoms with Gasteiger partial charge in [0.05, 0.1) is 5.69 Å². The lowest BCUT2D eigenvalue weighted by atomic mass is 10.1. The summed E-state index contributed by atoms with van der Waals surface area (Å²) in [6.07, 6.45) is 0.732. The first-order chi connectivity index (χ1) is 7.29. The van der Waals surface area contributed by atoms with Crippen LogP contribution in [0.15, 0.2) is 42.6 Å². The van der Waals surface area contributed by atoms with Crippen LogP contribution < -0.4 is 0 Å². The number of halogens is 1. The van der Waals surface area contributed by atoms with Gasteiger partial charge in [-0.2, -0.15) is 10.2 Å². The molecular weight excluding hydrogens is 212 g/mol. The van der Waals surface area contributed by atoms with Gasteiger partial charge in [-0.15, -0.1) is 0 Å². The Kier molecular flexibility index (Phi) is 2.94. The molecule has 0 aliphatic carbocycles. The fourth-order valence-corrected chi connectivity index (χ4v) is 1.55. The number of benzene rings is 1. The Morgan fingerprint density at radius 2 is 1.93 bits per heavy atom. The number of hydrogen-bond acceptors (Lipinski definition) is 3. The minimum absolute atomic E-state index is 0.491. The molecule has 1 atom stereocenters. The van der Waals surface area contributed by atoms with E-state index in [1.54, 1.807) is 30.5 Å². The lowest BCUT2D eigenvalue weighted by Crippen LogP contribution is -2.03. The molecule has 0 saturated heterocycles. The van der Waals surface area contributed by atoms with Gasteiger partial charge in [0, 0.05) is 16.8 Å². The van der Waals surface area contributed by atoms with Crippen LogP contribution in [0.4, 0.5) is 0 Å². The van der Waals surface area contributed by atoms with Gasteiger partial charge in [0.15, 0.2) is 0 Å². The van der Waals surface area contributed by atoms with E-state index in [1.807, 2.05) is 12.1 Å². The average Bonchev–Trinajstić information content (AvgIpc) is 2.30. The van der Waals surface area contributed by atoms with E-state index in [0.29, 0.717) is 16.3 Å². The molecule has 2 aromatic rings. The second-order valence-corrected chi connectivity index (χ2v) is 3.48. The van der Waals surface area contributed by atoms with Gasteiger partial charge in [-0.1, -0.05) is 29.8 Å². The van der Waals surface area contributed by atoms with Crippen LogP contribution in [0.2, 0.25) is 5.02 Å². The molecule has 76 valence electrons. The van der Waals surface area contributed by atoms with Gasteiger partial charge in [0.2, 0.25) is 0 Å². The summed E-state index contributed by atoms with van der Waals surface area (Å²) in [6, 6.07) is 10.6. The first-order valence-corrected chi connectivity index (χ1v) is 4.87. The zero-order valence-electron chi connectivity index (χ0n) is 7.84. The van der Waals surface area contributed by atoms with E-state index in [1.165, 1.54) is 0 Å². The molecule has 15 heavy (non-hydrogen) atoms. The molecule has 1 heterocycles. The third-order valence-electron chi connectivity index (χ3n) is 2.07. The van der Waals surface area contributed by atoms with Gasteiger partial charge in [-0.25, -0.2) is 0 Å². The molecule has 0 radical (unpaired) electrons. The SMILES string of the molecule is OC(c1cccnn1)c1ccccc1Cl. The molecule has 0 spiro atoms. The minimum atomic E-state index is -0.826. The van der Waals surface area contributed by atoms with Crippen LogP contribution in [-0.4, -0.2) is 15.3 Å². The topological polar surface area (TPSA) is 46.0 Å². The van der Waals surface area contributed by atoms with Gasteiger partial charge < -0.3 is 5.11 Å². The molecule has 4 heteroatoms. The summed E-state index contributed by atoms with van der Waals surface area (Å²) < 4.78 is 0. The Hall–Kier alpha value is -1.45. The smallest absolute Gasteiger partial charge is 0.124 e. The molecule has 1 aromatic carbocycles. The van der Waals surface area contributed by atoms with Crippen molar-refractivity contribution in [1.82, 2.24) is 10.2 Å². The van der Waals surface area contributed by atoms with Crippen LogP contribution in [-0.2, 0) is 0 Å². The van der Waals surface area contributed by atoms with E-state index in [2.05, 4.69) is 10.2 Å². The molecule has 1 unspecified atom stereocenters. The molecule has 2 rings (SSSR count). The fourth-order valence-electron chi connectivity index (χ4n) is 1.32. The Morgan fingerprint density at radius 3 is 2.60 bits per heavy atom. The van der Waals surface area contributed by atoms with Crippen LogP contribution >= 0.6 is 11.6 Å². The number of hydrogen-bond donors (Lipinski definition) is 1. The summed E-state index contributed by atoms with van der Waals surface area (Å²) in [7, 11) is 0. The highest BCUT2D eigenvalue weighted by Crippen LogP contribution is 2.26. The van der Waals surface area contributed by atoms with Crippen LogP contribution in [0, 0.1) is 0 Å². The average molecular weight is 221 g/mol. The summed E-state index contributed by atoms with van der Waals surface area (Å²) in [4.78, 5) is 0. The summed E-state index contributed by atoms with van der Waals surface area (Å²) in [5, 5.41) is 18.1. The fraction of sp³-hybridized carbons (Fsp3) is 0.0909. The minimum Gasteiger partial charge on any atom is -0.382 e. The molecule has 3 nitrogen and oxygen atoms in total. The number of rotatable bonds is 2. The van der Waals surface area contributed by atoms with Crippen molar-refractivity contribution >= 4 is 11.6 Å². The molecule has 0 amide bonds. The van der Waals surface area contributed by atoms with Crippen molar-refractivity contribution < 1.29 is 5.11 Å². The normalized spacial score (nSPS) is 12.4. The van der Waals surface area contributed by atoms with E-state index < -0.39 is 6.10 Å². The highest BCUT2D eigenvalue weighted by atomic mass is 35.5. The van der Waals surface area contributed by atoms with E-state index in [9.17, 15) is 5.11 Å². The summed E-state index contributed by atoms with van der Waals surface area (Å²) in [6.45, 7) is 0. The van der Waals surface area contributed by atoms with Gasteiger partial charge in [-0.3, -0.25) is 0 Å². The van der Waals surface area contributed by atoms with Gasteiger partial charge in [0.1, 0.15) is 6.10 Å². The van der Waals surface area contributed by atoms with Crippen LogP contribution in [0.25, 0.3) is 0 Å². The van der Waals surface area contributed by atoms with E-state index >= 15 is 0 Å². The lowest BCUT2D eigenvalue weighted by molar-refractivity contribution is 0.214. The molecule has 1 aromatic heterocycles. The lowest BCUT2D eigenvalue weighted by Gasteiger charge is -2.10. The summed E-state index contributed by atoms with van der Waals surface area (Å²) >= 11 is 5.96. The predicted octanol–water partition coefficient (Wildman–Crippen LogP) is 2.21. The molecule has 1 N–H and O–H groups in total. The second-order valence-electron chi connectivity index (χ2n) is 3.07. The standard InChI is InChI=1S/C11H9ClN2O/c12-9-5-2-1-4-8(9)11(15)10-6-3-7-13-14-10/h1-7,11,15H. The molecule has 0 fully saturated rings. The molecule has 0 bridgehead atoms. The van der Waals surface area contributed by atoms with Crippen molar-refractivity contribution in [3.05, 3.63) is 58.9 Å². The van der Waals surface area contributed by atoms with Crippen LogP contribution in [0.3, 0.4) is 0 Å². The molecular formula is C11H9ClN2O.